The second kappa shape index (κ2) is 5.91. The molecule has 0 aliphatic heterocycles. The highest BCUT2D eigenvalue weighted by Gasteiger charge is 1.97. The van der Waals surface area contributed by atoms with E-state index in [1.165, 1.54) is 5.56 Å². The Kier molecular flexibility index (Phi) is 4.48. The van der Waals surface area contributed by atoms with Crippen LogP contribution >= 0.6 is 0 Å². The van der Waals surface area contributed by atoms with Crippen molar-refractivity contribution in [3.8, 4) is 11.4 Å². The first-order valence-electron chi connectivity index (χ1n) is 5.20. The van der Waals surface area contributed by atoms with E-state index < -0.39 is 0 Å². The zero-order valence-corrected chi connectivity index (χ0v) is 9.44. The molecule has 2 heteroatoms. The number of aromatic nitrogens is 2. The smallest absolute Gasteiger partial charge is 0.159 e. The monoisotopic (exact) mass is 200 g/mol. The minimum Gasteiger partial charge on any atom is -0.237 e. The maximum Gasteiger partial charge on any atom is 0.159 e. The van der Waals surface area contributed by atoms with Crippen LogP contribution in [0.3, 0.4) is 0 Å². The van der Waals surface area contributed by atoms with Crippen molar-refractivity contribution in [1.29, 1.82) is 0 Å². The van der Waals surface area contributed by atoms with E-state index >= 15 is 0 Å². The molecule has 0 unspecified atom stereocenters. The molecule has 2 aromatic rings. The molecule has 0 saturated carbocycles. The molecule has 1 aromatic heterocycles. The van der Waals surface area contributed by atoms with Gasteiger partial charge in [0.1, 0.15) is 0 Å². The van der Waals surface area contributed by atoms with Gasteiger partial charge in [-0.2, -0.15) is 0 Å². The van der Waals surface area contributed by atoms with E-state index in [1.807, 2.05) is 32.0 Å². The first-order chi connectivity index (χ1) is 7.36. The molecule has 1 aromatic carbocycles. The molecule has 0 bridgehead atoms. The lowest BCUT2D eigenvalue weighted by Crippen LogP contribution is -1.85. The van der Waals surface area contributed by atoms with Crippen LogP contribution in [0.25, 0.3) is 11.4 Å². The van der Waals surface area contributed by atoms with Crippen LogP contribution in [0.5, 0.6) is 0 Å². The Balaban J connectivity index is 0.000000531. The lowest BCUT2D eigenvalue weighted by atomic mass is 10.1. The minimum atomic E-state index is 0.780. The molecular formula is C13H16N2. The number of hydrogen-bond donors (Lipinski definition) is 0. The van der Waals surface area contributed by atoms with E-state index in [9.17, 15) is 0 Å². The number of rotatable bonds is 1. The molecule has 0 fully saturated rings. The second-order valence-electron chi connectivity index (χ2n) is 2.94. The van der Waals surface area contributed by atoms with E-state index in [4.69, 9.17) is 0 Å². The average molecular weight is 200 g/mol. The molecule has 0 amide bonds. The molecule has 2 nitrogen and oxygen atoms in total. The van der Waals surface area contributed by atoms with Crippen molar-refractivity contribution < 1.29 is 0 Å². The summed E-state index contributed by atoms with van der Waals surface area (Å²) in [6, 6.07) is 10.0. The molecule has 0 aliphatic rings. The quantitative estimate of drug-likeness (QED) is 0.704. The topological polar surface area (TPSA) is 25.8 Å². The summed E-state index contributed by atoms with van der Waals surface area (Å²) in [6.45, 7) is 6.07. The summed E-state index contributed by atoms with van der Waals surface area (Å²) in [5, 5.41) is 0. The van der Waals surface area contributed by atoms with Gasteiger partial charge in [0.25, 0.3) is 0 Å². The van der Waals surface area contributed by atoms with Gasteiger partial charge >= 0.3 is 0 Å². The third-order valence-electron chi connectivity index (χ3n) is 1.88. The van der Waals surface area contributed by atoms with Crippen molar-refractivity contribution in [3.05, 3.63) is 48.3 Å². The Morgan fingerprint density at radius 3 is 1.93 bits per heavy atom. The average Bonchev–Trinajstić information content (AvgIpc) is 2.34. The summed E-state index contributed by atoms with van der Waals surface area (Å²) in [7, 11) is 0. The van der Waals surface area contributed by atoms with E-state index in [1.54, 1.807) is 12.4 Å². The van der Waals surface area contributed by atoms with E-state index in [0.717, 1.165) is 11.4 Å². The van der Waals surface area contributed by atoms with Gasteiger partial charge in [-0.25, -0.2) is 9.97 Å². The molecular weight excluding hydrogens is 184 g/mol. The van der Waals surface area contributed by atoms with Crippen LogP contribution in [0, 0.1) is 6.92 Å². The van der Waals surface area contributed by atoms with Crippen LogP contribution in [0.2, 0.25) is 0 Å². The van der Waals surface area contributed by atoms with Gasteiger partial charge < -0.3 is 0 Å². The van der Waals surface area contributed by atoms with Crippen molar-refractivity contribution in [2.45, 2.75) is 20.8 Å². The van der Waals surface area contributed by atoms with Crippen LogP contribution in [0.4, 0.5) is 0 Å². The normalized spacial score (nSPS) is 9.00. The molecule has 0 spiro atoms. The zero-order chi connectivity index (χ0) is 11.1. The van der Waals surface area contributed by atoms with E-state index in [-0.39, 0.29) is 0 Å². The molecule has 15 heavy (non-hydrogen) atoms. The molecule has 0 saturated heterocycles. The van der Waals surface area contributed by atoms with Crippen molar-refractivity contribution in [2.24, 2.45) is 0 Å². The summed E-state index contributed by atoms with van der Waals surface area (Å²) in [4.78, 5) is 8.34. The van der Waals surface area contributed by atoms with Gasteiger partial charge in [0.2, 0.25) is 0 Å². The fraction of sp³-hybridized carbons (Fsp3) is 0.231. The molecule has 0 aliphatic carbocycles. The van der Waals surface area contributed by atoms with Crippen LogP contribution < -0.4 is 0 Å². The molecule has 0 N–H and O–H groups in total. The zero-order valence-electron chi connectivity index (χ0n) is 9.44. The minimum absolute atomic E-state index is 0.780. The number of nitrogens with zero attached hydrogens (tertiary/aromatic N) is 2. The van der Waals surface area contributed by atoms with Crippen molar-refractivity contribution in [3.63, 3.8) is 0 Å². The van der Waals surface area contributed by atoms with Gasteiger partial charge in [-0.05, 0) is 13.0 Å². The molecule has 1 heterocycles. The van der Waals surface area contributed by atoms with Crippen LogP contribution in [0.15, 0.2) is 42.7 Å². The number of aryl methyl sites for hydroxylation is 1. The molecule has 78 valence electrons. The highest BCUT2D eigenvalue weighted by molar-refractivity contribution is 5.54. The third-order valence-corrected chi connectivity index (χ3v) is 1.88. The van der Waals surface area contributed by atoms with Crippen molar-refractivity contribution in [2.75, 3.05) is 0 Å². The maximum atomic E-state index is 4.17. The van der Waals surface area contributed by atoms with E-state index in [0.29, 0.717) is 0 Å². The van der Waals surface area contributed by atoms with Gasteiger partial charge in [-0.3, -0.25) is 0 Å². The van der Waals surface area contributed by atoms with Crippen LogP contribution in [-0.4, -0.2) is 9.97 Å². The summed E-state index contributed by atoms with van der Waals surface area (Å²) in [5.74, 6) is 0.780. The SMILES string of the molecule is CC.Cc1ccc(-c2ncccn2)cc1. The van der Waals surface area contributed by atoms with E-state index in [2.05, 4.69) is 29.0 Å². The Bertz CT molecular complexity index is 379. The van der Waals surface area contributed by atoms with Crippen molar-refractivity contribution in [1.82, 2.24) is 9.97 Å². The fourth-order valence-corrected chi connectivity index (χ4v) is 1.15. The van der Waals surface area contributed by atoms with Gasteiger partial charge in [-0.1, -0.05) is 43.7 Å². The number of hydrogen-bond acceptors (Lipinski definition) is 2. The number of benzene rings is 1. The first-order valence-corrected chi connectivity index (χ1v) is 5.20. The highest BCUT2D eigenvalue weighted by atomic mass is 14.8. The Hall–Kier alpha value is -1.70. The van der Waals surface area contributed by atoms with Crippen molar-refractivity contribution >= 4 is 0 Å². The maximum absolute atomic E-state index is 4.17. The predicted molar refractivity (Wildman–Crippen MR) is 63.6 cm³/mol. The van der Waals surface area contributed by atoms with Crippen LogP contribution in [0.1, 0.15) is 19.4 Å². The highest BCUT2D eigenvalue weighted by Crippen LogP contribution is 2.13. The lowest BCUT2D eigenvalue weighted by Gasteiger charge is -1.98. The molecule has 2 rings (SSSR count). The van der Waals surface area contributed by atoms with Gasteiger partial charge in [0, 0.05) is 18.0 Å². The summed E-state index contributed by atoms with van der Waals surface area (Å²) < 4.78 is 0. The fourth-order valence-electron chi connectivity index (χ4n) is 1.15. The summed E-state index contributed by atoms with van der Waals surface area (Å²) in [6.07, 6.45) is 3.50. The summed E-state index contributed by atoms with van der Waals surface area (Å²) >= 11 is 0. The van der Waals surface area contributed by atoms with Crippen LogP contribution in [-0.2, 0) is 0 Å². The largest absolute Gasteiger partial charge is 0.237 e. The van der Waals surface area contributed by atoms with Gasteiger partial charge in [-0.15, -0.1) is 0 Å². The predicted octanol–water partition coefficient (Wildman–Crippen LogP) is 3.48. The molecule has 0 atom stereocenters. The Morgan fingerprint density at radius 2 is 1.40 bits per heavy atom. The third kappa shape index (κ3) is 3.17. The van der Waals surface area contributed by atoms with Gasteiger partial charge in [0.15, 0.2) is 5.82 Å². The summed E-state index contributed by atoms with van der Waals surface area (Å²) in [5.41, 5.74) is 2.31. The van der Waals surface area contributed by atoms with Gasteiger partial charge in [0.05, 0.1) is 0 Å². The molecule has 0 radical (unpaired) electrons. The second-order valence-corrected chi connectivity index (χ2v) is 2.94. The first kappa shape index (κ1) is 11.4. The Morgan fingerprint density at radius 1 is 0.867 bits per heavy atom. The Labute approximate surface area is 91.0 Å². The standard InChI is InChI=1S/C11H10N2.C2H6/c1-9-3-5-10(6-4-9)11-12-7-2-8-13-11;1-2/h2-8H,1H3;1-2H3. The lowest BCUT2D eigenvalue weighted by molar-refractivity contribution is 1.17.